The molecule has 1 aromatic carbocycles. The van der Waals surface area contributed by atoms with Crippen LogP contribution in [0, 0.1) is 0 Å². The number of nitrogens with two attached hydrogens (primary N) is 1. The van der Waals surface area contributed by atoms with E-state index in [0.717, 1.165) is 48.2 Å². The standard InChI is InChI=1S/C21H23N5O2/c1-28-15-7-5-14(6-8-15)12-19(27)26-11-3-2-4-18(26)17-10-9-16-20(22)23-13-24-21(16)25-17/h5-10,13,18H,2-4,11-12H2,1H3,(H2,22,23,24,25)/t18-/m1/s1. The highest BCUT2D eigenvalue weighted by Crippen LogP contribution is 2.31. The van der Waals surface area contributed by atoms with E-state index < -0.39 is 0 Å². The topological polar surface area (TPSA) is 94.2 Å². The maximum atomic E-state index is 13.0. The van der Waals surface area contributed by atoms with Crippen molar-refractivity contribution in [3.05, 3.63) is 54.0 Å². The van der Waals surface area contributed by atoms with Gasteiger partial charge in [-0.1, -0.05) is 12.1 Å². The lowest BCUT2D eigenvalue weighted by molar-refractivity contribution is -0.134. The zero-order chi connectivity index (χ0) is 19.5. The largest absolute Gasteiger partial charge is 0.497 e. The van der Waals surface area contributed by atoms with Crippen LogP contribution in [0.15, 0.2) is 42.7 Å². The lowest BCUT2D eigenvalue weighted by atomic mass is 9.97. The van der Waals surface area contributed by atoms with E-state index in [1.807, 2.05) is 41.3 Å². The molecule has 7 nitrogen and oxygen atoms in total. The third kappa shape index (κ3) is 3.60. The minimum Gasteiger partial charge on any atom is -0.497 e. The molecule has 1 saturated heterocycles. The fourth-order valence-electron chi connectivity index (χ4n) is 3.72. The van der Waals surface area contributed by atoms with Gasteiger partial charge >= 0.3 is 0 Å². The SMILES string of the molecule is COc1ccc(CC(=O)N2CCCC[C@@H]2c2ccc3c(N)ncnc3n2)cc1. The highest BCUT2D eigenvalue weighted by molar-refractivity contribution is 5.85. The van der Waals surface area contributed by atoms with Gasteiger partial charge in [-0.25, -0.2) is 15.0 Å². The Morgan fingerprint density at radius 2 is 2.00 bits per heavy atom. The van der Waals surface area contributed by atoms with E-state index in [1.165, 1.54) is 6.33 Å². The number of benzene rings is 1. The van der Waals surface area contributed by atoms with E-state index in [4.69, 9.17) is 10.5 Å². The van der Waals surface area contributed by atoms with Crippen LogP contribution in [-0.2, 0) is 11.2 Å². The molecule has 0 aliphatic carbocycles. The third-order valence-electron chi connectivity index (χ3n) is 5.23. The van der Waals surface area contributed by atoms with Crippen LogP contribution in [0.1, 0.15) is 36.6 Å². The van der Waals surface area contributed by atoms with E-state index in [1.54, 1.807) is 7.11 Å². The number of hydrogen-bond acceptors (Lipinski definition) is 6. The molecule has 1 atom stereocenters. The molecule has 3 heterocycles. The van der Waals surface area contributed by atoms with Crippen LogP contribution in [0.3, 0.4) is 0 Å². The molecule has 0 saturated carbocycles. The molecule has 1 amide bonds. The number of ether oxygens (including phenoxy) is 1. The summed E-state index contributed by atoms with van der Waals surface area (Å²) in [5.41, 5.74) is 8.30. The monoisotopic (exact) mass is 377 g/mol. The number of hydrogen-bond donors (Lipinski definition) is 1. The van der Waals surface area contributed by atoms with Crippen molar-refractivity contribution >= 4 is 22.8 Å². The molecule has 1 aliphatic heterocycles. The summed E-state index contributed by atoms with van der Waals surface area (Å²) in [6, 6.07) is 11.4. The van der Waals surface area contributed by atoms with E-state index in [9.17, 15) is 4.79 Å². The maximum absolute atomic E-state index is 13.0. The second kappa shape index (κ2) is 7.80. The van der Waals surface area contributed by atoms with Crippen LogP contribution >= 0.6 is 0 Å². The highest BCUT2D eigenvalue weighted by Gasteiger charge is 2.29. The first kappa shape index (κ1) is 18.2. The number of nitrogens with zero attached hydrogens (tertiary/aromatic N) is 4. The molecule has 2 aromatic heterocycles. The zero-order valence-electron chi connectivity index (χ0n) is 15.8. The molecule has 144 valence electrons. The molecule has 1 fully saturated rings. The van der Waals surface area contributed by atoms with Crippen LogP contribution in [-0.4, -0.2) is 39.4 Å². The Morgan fingerprint density at radius 3 is 2.79 bits per heavy atom. The first-order valence-corrected chi connectivity index (χ1v) is 9.45. The van der Waals surface area contributed by atoms with Crippen molar-refractivity contribution in [1.82, 2.24) is 19.9 Å². The van der Waals surface area contributed by atoms with Gasteiger partial charge in [0.1, 0.15) is 17.9 Å². The summed E-state index contributed by atoms with van der Waals surface area (Å²) in [6.07, 6.45) is 4.76. The number of aromatic nitrogens is 3. The van der Waals surface area contributed by atoms with Crippen molar-refractivity contribution < 1.29 is 9.53 Å². The number of rotatable bonds is 4. The molecule has 3 aromatic rings. The number of piperidine rings is 1. The molecule has 0 radical (unpaired) electrons. The van der Waals surface area contributed by atoms with Crippen LogP contribution in [0.25, 0.3) is 11.0 Å². The molecule has 1 aliphatic rings. The molecule has 0 spiro atoms. The minimum absolute atomic E-state index is 0.0416. The summed E-state index contributed by atoms with van der Waals surface area (Å²) in [4.78, 5) is 27.9. The van der Waals surface area contributed by atoms with Gasteiger partial charge in [-0.2, -0.15) is 0 Å². The number of likely N-dealkylation sites (tertiary alicyclic amines) is 1. The summed E-state index contributed by atoms with van der Waals surface area (Å²) in [5, 5.41) is 0.734. The first-order chi connectivity index (χ1) is 13.7. The van der Waals surface area contributed by atoms with Crippen LogP contribution < -0.4 is 10.5 Å². The molecule has 4 rings (SSSR count). The predicted molar refractivity (Wildman–Crippen MR) is 107 cm³/mol. The third-order valence-corrected chi connectivity index (χ3v) is 5.23. The Labute approximate surface area is 163 Å². The van der Waals surface area contributed by atoms with Gasteiger partial charge in [0.2, 0.25) is 5.91 Å². The Morgan fingerprint density at radius 1 is 1.18 bits per heavy atom. The van der Waals surface area contributed by atoms with Crippen LogP contribution in [0.2, 0.25) is 0 Å². The average Bonchev–Trinajstić information content (AvgIpc) is 2.74. The van der Waals surface area contributed by atoms with E-state index in [0.29, 0.717) is 17.9 Å². The Balaban J connectivity index is 1.57. The molecule has 28 heavy (non-hydrogen) atoms. The number of nitrogen functional groups attached to an aromatic ring is 1. The van der Waals surface area contributed by atoms with Crippen LogP contribution in [0.4, 0.5) is 5.82 Å². The fourth-order valence-corrected chi connectivity index (χ4v) is 3.72. The number of pyridine rings is 1. The van der Waals surface area contributed by atoms with E-state index >= 15 is 0 Å². The number of carbonyl (C=O) groups is 1. The van der Waals surface area contributed by atoms with Gasteiger partial charge in [-0.15, -0.1) is 0 Å². The van der Waals surface area contributed by atoms with Crippen molar-refractivity contribution in [1.29, 1.82) is 0 Å². The van der Waals surface area contributed by atoms with E-state index in [-0.39, 0.29) is 11.9 Å². The second-order valence-corrected chi connectivity index (χ2v) is 6.99. The summed E-state index contributed by atoms with van der Waals surface area (Å²) < 4.78 is 5.19. The van der Waals surface area contributed by atoms with E-state index in [2.05, 4.69) is 15.0 Å². The molecule has 7 heteroatoms. The van der Waals surface area contributed by atoms with Gasteiger partial charge in [0.05, 0.1) is 30.7 Å². The quantitative estimate of drug-likeness (QED) is 0.751. The molecule has 0 unspecified atom stereocenters. The summed E-state index contributed by atoms with van der Waals surface area (Å²) in [5.74, 6) is 1.31. The minimum atomic E-state index is -0.0416. The van der Waals surface area contributed by atoms with Gasteiger partial charge in [0.15, 0.2) is 5.65 Å². The van der Waals surface area contributed by atoms with Gasteiger partial charge in [0, 0.05) is 6.54 Å². The van der Waals surface area contributed by atoms with Crippen molar-refractivity contribution in [3.63, 3.8) is 0 Å². The van der Waals surface area contributed by atoms with Gasteiger partial charge < -0.3 is 15.4 Å². The fraction of sp³-hybridized carbons (Fsp3) is 0.333. The smallest absolute Gasteiger partial charge is 0.227 e. The average molecular weight is 377 g/mol. The molecular weight excluding hydrogens is 354 g/mol. The number of carbonyl (C=O) groups excluding carboxylic acids is 1. The zero-order valence-corrected chi connectivity index (χ0v) is 15.8. The first-order valence-electron chi connectivity index (χ1n) is 9.45. The van der Waals surface area contributed by atoms with Crippen molar-refractivity contribution in [2.45, 2.75) is 31.7 Å². The number of fused-ring (bicyclic) bond motifs is 1. The van der Waals surface area contributed by atoms with Gasteiger partial charge in [-0.3, -0.25) is 4.79 Å². The maximum Gasteiger partial charge on any atom is 0.227 e. The Kier molecular flexibility index (Phi) is 5.06. The number of methoxy groups -OCH3 is 1. The summed E-state index contributed by atoms with van der Waals surface area (Å²) >= 11 is 0. The van der Waals surface area contributed by atoms with Gasteiger partial charge in [-0.05, 0) is 49.1 Å². The van der Waals surface area contributed by atoms with Gasteiger partial charge in [0.25, 0.3) is 0 Å². The highest BCUT2D eigenvalue weighted by atomic mass is 16.5. The van der Waals surface area contributed by atoms with Crippen LogP contribution in [0.5, 0.6) is 5.75 Å². The number of anilines is 1. The number of amides is 1. The Bertz CT molecular complexity index is 990. The van der Waals surface area contributed by atoms with Crippen molar-refractivity contribution in [3.8, 4) is 5.75 Å². The Hall–Kier alpha value is -3.22. The van der Waals surface area contributed by atoms with Crippen molar-refractivity contribution in [2.75, 3.05) is 19.4 Å². The lowest BCUT2D eigenvalue weighted by Gasteiger charge is -2.35. The molecule has 0 bridgehead atoms. The van der Waals surface area contributed by atoms with Crippen molar-refractivity contribution in [2.24, 2.45) is 0 Å². The molecular formula is C21H23N5O2. The summed E-state index contributed by atoms with van der Waals surface area (Å²) in [6.45, 7) is 0.741. The molecule has 2 N–H and O–H groups in total. The summed E-state index contributed by atoms with van der Waals surface area (Å²) in [7, 11) is 1.63. The lowest BCUT2D eigenvalue weighted by Crippen LogP contribution is -2.39. The second-order valence-electron chi connectivity index (χ2n) is 6.99. The normalized spacial score (nSPS) is 16.9. The predicted octanol–water partition coefficient (Wildman–Crippen LogP) is 2.91.